The molecule has 1 aliphatic rings. The molecule has 1 nitrogen and oxygen atoms in total. The fourth-order valence-corrected chi connectivity index (χ4v) is 2.70. The van der Waals surface area contributed by atoms with Gasteiger partial charge in [0.25, 0.3) is 0 Å². The Bertz CT molecular complexity index is 522. The summed E-state index contributed by atoms with van der Waals surface area (Å²) in [6.45, 7) is 0.966. The van der Waals surface area contributed by atoms with Crippen molar-refractivity contribution in [3.63, 3.8) is 0 Å². The minimum Gasteiger partial charge on any atom is -0.302 e. The van der Waals surface area contributed by atoms with Gasteiger partial charge in [-0.2, -0.15) is 0 Å². The highest BCUT2D eigenvalue weighted by atomic mass is 79.9. The molecule has 1 heterocycles. The van der Waals surface area contributed by atoms with E-state index < -0.39 is 0 Å². The quantitative estimate of drug-likeness (QED) is 0.837. The van der Waals surface area contributed by atoms with Crippen LogP contribution in [0.5, 0.6) is 0 Å². The van der Waals surface area contributed by atoms with Crippen LogP contribution >= 0.6 is 15.9 Å². The molecule has 2 heteroatoms. The Morgan fingerprint density at radius 2 is 1.94 bits per heavy atom. The summed E-state index contributed by atoms with van der Waals surface area (Å²) >= 11 is 3.52. The van der Waals surface area contributed by atoms with Gasteiger partial charge in [0.2, 0.25) is 0 Å². The normalized spacial score (nSPS) is 18.4. The van der Waals surface area contributed by atoms with Crippen molar-refractivity contribution in [2.75, 3.05) is 0 Å². The van der Waals surface area contributed by atoms with Gasteiger partial charge in [-0.15, -0.1) is 0 Å². The topological polar surface area (TPSA) is 12.0 Å². The Kier molecular flexibility index (Phi) is 2.54. The van der Waals surface area contributed by atoms with Crippen LogP contribution in [0.15, 0.2) is 53.0 Å². The van der Waals surface area contributed by atoms with Crippen molar-refractivity contribution in [1.82, 2.24) is 5.32 Å². The summed E-state index contributed by atoms with van der Waals surface area (Å²) in [6.07, 6.45) is 0. The van der Waals surface area contributed by atoms with Gasteiger partial charge in [-0.05, 0) is 28.8 Å². The van der Waals surface area contributed by atoms with E-state index in [9.17, 15) is 0 Å². The van der Waals surface area contributed by atoms with Gasteiger partial charge in [0.1, 0.15) is 0 Å². The van der Waals surface area contributed by atoms with E-state index in [1.807, 2.05) is 0 Å². The molecule has 80 valence electrons. The zero-order valence-electron chi connectivity index (χ0n) is 8.78. The van der Waals surface area contributed by atoms with E-state index in [1.165, 1.54) is 16.7 Å². The molecule has 0 saturated heterocycles. The number of hydrogen-bond donors (Lipinski definition) is 1. The minimum absolute atomic E-state index is 0.341. The molecule has 0 amide bonds. The van der Waals surface area contributed by atoms with Crippen LogP contribution in [-0.4, -0.2) is 0 Å². The lowest BCUT2D eigenvalue weighted by Crippen LogP contribution is -2.13. The lowest BCUT2D eigenvalue weighted by Gasteiger charge is -2.12. The Labute approximate surface area is 104 Å². The smallest absolute Gasteiger partial charge is 0.0582 e. The first kappa shape index (κ1) is 10.1. The standard InChI is InChI=1S/C14H12BrN/c15-12-6-3-5-10(8-12)14-13-7-2-1-4-11(13)9-16-14/h1-8,14,16H,9H2. The third-order valence-corrected chi connectivity index (χ3v) is 3.54. The van der Waals surface area contributed by atoms with Crippen molar-refractivity contribution in [2.45, 2.75) is 12.6 Å². The molecular weight excluding hydrogens is 262 g/mol. The second kappa shape index (κ2) is 4.04. The van der Waals surface area contributed by atoms with Gasteiger partial charge in [-0.1, -0.05) is 52.3 Å². The van der Waals surface area contributed by atoms with E-state index in [-0.39, 0.29) is 0 Å². The largest absolute Gasteiger partial charge is 0.302 e. The number of nitrogens with one attached hydrogen (secondary N) is 1. The summed E-state index contributed by atoms with van der Waals surface area (Å²) in [4.78, 5) is 0. The molecule has 0 saturated carbocycles. The van der Waals surface area contributed by atoms with Gasteiger partial charge in [-0.25, -0.2) is 0 Å². The molecule has 1 aliphatic heterocycles. The van der Waals surface area contributed by atoms with Gasteiger partial charge < -0.3 is 5.32 Å². The summed E-state index contributed by atoms with van der Waals surface area (Å²) in [7, 11) is 0. The fraction of sp³-hybridized carbons (Fsp3) is 0.143. The zero-order chi connectivity index (χ0) is 11.0. The molecule has 0 aliphatic carbocycles. The lowest BCUT2D eigenvalue weighted by molar-refractivity contribution is 0.667. The van der Waals surface area contributed by atoms with E-state index in [0.717, 1.165) is 11.0 Å². The Hall–Kier alpha value is -1.12. The van der Waals surface area contributed by atoms with Crippen molar-refractivity contribution >= 4 is 15.9 Å². The van der Waals surface area contributed by atoms with E-state index in [1.54, 1.807) is 0 Å². The maximum atomic E-state index is 3.54. The Morgan fingerprint density at radius 3 is 2.81 bits per heavy atom. The summed E-state index contributed by atoms with van der Waals surface area (Å²) in [5.74, 6) is 0. The van der Waals surface area contributed by atoms with Gasteiger partial charge >= 0.3 is 0 Å². The van der Waals surface area contributed by atoms with Crippen LogP contribution in [0.1, 0.15) is 22.7 Å². The molecular formula is C14H12BrN. The molecule has 1 N–H and O–H groups in total. The fourth-order valence-electron chi connectivity index (χ4n) is 2.28. The van der Waals surface area contributed by atoms with Crippen LogP contribution in [0.4, 0.5) is 0 Å². The third kappa shape index (κ3) is 1.68. The van der Waals surface area contributed by atoms with Crippen LogP contribution in [0.25, 0.3) is 0 Å². The minimum atomic E-state index is 0.341. The lowest BCUT2D eigenvalue weighted by atomic mass is 9.99. The first-order valence-corrected chi connectivity index (χ1v) is 6.20. The maximum absolute atomic E-state index is 3.54. The summed E-state index contributed by atoms with van der Waals surface area (Å²) < 4.78 is 1.14. The molecule has 2 aromatic carbocycles. The van der Waals surface area contributed by atoms with Gasteiger partial charge in [0.15, 0.2) is 0 Å². The number of hydrogen-bond acceptors (Lipinski definition) is 1. The maximum Gasteiger partial charge on any atom is 0.0582 e. The van der Waals surface area contributed by atoms with Crippen LogP contribution in [0.2, 0.25) is 0 Å². The van der Waals surface area contributed by atoms with Crippen molar-refractivity contribution in [3.05, 3.63) is 69.7 Å². The zero-order valence-corrected chi connectivity index (χ0v) is 10.4. The Balaban J connectivity index is 2.05. The highest BCUT2D eigenvalue weighted by Gasteiger charge is 2.22. The van der Waals surface area contributed by atoms with Crippen molar-refractivity contribution in [1.29, 1.82) is 0 Å². The van der Waals surface area contributed by atoms with Crippen molar-refractivity contribution < 1.29 is 0 Å². The van der Waals surface area contributed by atoms with Gasteiger partial charge in [0, 0.05) is 11.0 Å². The van der Waals surface area contributed by atoms with Crippen LogP contribution in [-0.2, 0) is 6.54 Å². The molecule has 2 aromatic rings. The molecule has 0 spiro atoms. The molecule has 0 radical (unpaired) electrons. The van der Waals surface area contributed by atoms with Gasteiger partial charge in [-0.3, -0.25) is 0 Å². The predicted octanol–water partition coefficient (Wildman–Crippen LogP) is 3.64. The van der Waals surface area contributed by atoms with E-state index in [2.05, 4.69) is 69.8 Å². The monoisotopic (exact) mass is 273 g/mol. The first-order chi connectivity index (χ1) is 7.84. The SMILES string of the molecule is Brc1cccc(C2NCc3ccccc32)c1. The van der Waals surface area contributed by atoms with Crippen LogP contribution in [0.3, 0.4) is 0 Å². The highest BCUT2D eigenvalue weighted by molar-refractivity contribution is 9.10. The van der Waals surface area contributed by atoms with E-state index in [4.69, 9.17) is 0 Å². The molecule has 0 bridgehead atoms. The van der Waals surface area contributed by atoms with Crippen LogP contribution < -0.4 is 5.32 Å². The Morgan fingerprint density at radius 1 is 1.06 bits per heavy atom. The second-order valence-corrected chi connectivity index (χ2v) is 4.98. The predicted molar refractivity (Wildman–Crippen MR) is 69.3 cm³/mol. The molecule has 1 atom stereocenters. The van der Waals surface area contributed by atoms with E-state index >= 15 is 0 Å². The van der Waals surface area contributed by atoms with Crippen LogP contribution in [0, 0.1) is 0 Å². The summed E-state index contributed by atoms with van der Waals surface area (Å²) in [5.41, 5.74) is 4.13. The summed E-state index contributed by atoms with van der Waals surface area (Å²) in [6, 6.07) is 17.5. The second-order valence-electron chi connectivity index (χ2n) is 4.07. The number of rotatable bonds is 1. The average Bonchev–Trinajstić information content (AvgIpc) is 2.72. The molecule has 3 rings (SSSR count). The molecule has 16 heavy (non-hydrogen) atoms. The van der Waals surface area contributed by atoms with E-state index in [0.29, 0.717) is 6.04 Å². The first-order valence-electron chi connectivity index (χ1n) is 5.41. The van der Waals surface area contributed by atoms with Crippen molar-refractivity contribution in [2.24, 2.45) is 0 Å². The third-order valence-electron chi connectivity index (χ3n) is 3.04. The molecule has 0 fully saturated rings. The van der Waals surface area contributed by atoms with Gasteiger partial charge in [0.05, 0.1) is 6.04 Å². The summed E-state index contributed by atoms with van der Waals surface area (Å²) in [5, 5.41) is 3.54. The molecule has 0 aromatic heterocycles. The average molecular weight is 274 g/mol. The number of benzene rings is 2. The number of halogens is 1. The molecule has 1 unspecified atom stereocenters. The number of fused-ring (bicyclic) bond motifs is 1. The highest BCUT2D eigenvalue weighted by Crippen LogP contribution is 2.31. The van der Waals surface area contributed by atoms with Crippen molar-refractivity contribution in [3.8, 4) is 0 Å².